The zero-order chi connectivity index (χ0) is 34.6. The maximum atomic E-state index is 12.0. The molecule has 2 saturated heterocycles. The van der Waals surface area contributed by atoms with Gasteiger partial charge in [-0.15, -0.1) is 20.4 Å². The number of amides is 1. The number of halogens is 3. The number of nitrogens with zero attached hydrogens (tertiary/aromatic N) is 8. The van der Waals surface area contributed by atoms with Gasteiger partial charge in [0.1, 0.15) is 5.60 Å². The van der Waals surface area contributed by atoms with Crippen LogP contribution < -0.4 is 32.3 Å². The summed E-state index contributed by atoms with van der Waals surface area (Å²) in [5, 5.41) is 20.8. The van der Waals surface area contributed by atoms with Gasteiger partial charge >= 0.3 is 6.09 Å². The molecule has 0 saturated carbocycles. The van der Waals surface area contributed by atoms with Crippen LogP contribution in [-0.2, 0) is 4.74 Å². The van der Waals surface area contributed by atoms with E-state index in [-0.39, 0.29) is 17.2 Å². The topological polar surface area (TPSA) is 200 Å². The Morgan fingerprint density at radius 2 is 1.49 bits per heavy atom. The lowest BCUT2D eigenvalue weighted by molar-refractivity contribution is 0.0448. The smallest absolute Gasteiger partial charge is 0.408 e. The normalized spacial score (nSPS) is 17.4. The number of aromatic nitrogens is 6. The quantitative estimate of drug-likeness (QED) is 0.259. The number of rotatable bonds is 5. The van der Waals surface area contributed by atoms with E-state index >= 15 is 0 Å². The Morgan fingerprint density at radius 3 is 2.04 bits per heavy atom. The molecule has 256 valence electrons. The van der Waals surface area contributed by atoms with Crippen molar-refractivity contribution in [1.82, 2.24) is 35.7 Å². The van der Waals surface area contributed by atoms with Crippen molar-refractivity contribution in [2.24, 2.45) is 5.73 Å². The maximum absolute atomic E-state index is 12.0. The van der Waals surface area contributed by atoms with Crippen LogP contribution in [0.3, 0.4) is 0 Å². The predicted molar refractivity (Wildman–Crippen MR) is 190 cm³/mol. The van der Waals surface area contributed by atoms with Gasteiger partial charge in [-0.1, -0.05) is 41.0 Å². The molecule has 0 radical (unpaired) electrons. The molecule has 0 bridgehead atoms. The van der Waals surface area contributed by atoms with E-state index in [0.717, 1.165) is 43.7 Å². The Balaban J connectivity index is 0.000000213. The zero-order valence-corrected chi connectivity index (χ0v) is 31.0. The molecule has 1 amide bonds. The molecule has 2 aliphatic heterocycles. The molecule has 18 heteroatoms. The fourth-order valence-corrected chi connectivity index (χ4v) is 6.16. The molecule has 2 aromatic heterocycles. The van der Waals surface area contributed by atoms with Crippen molar-refractivity contribution in [2.75, 3.05) is 47.4 Å². The van der Waals surface area contributed by atoms with E-state index in [1.165, 1.54) is 11.8 Å². The highest BCUT2D eigenvalue weighted by Crippen LogP contribution is 2.38. The Labute approximate surface area is 297 Å². The van der Waals surface area contributed by atoms with Crippen LogP contribution in [0.15, 0.2) is 32.7 Å². The van der Waals surface area contributed by atoms with E-state index < -0.39 is 5.60 Å². The van der Waals surface area contributed by atoms with Crippen molar-refractivity contribution >= 4 is 80.5 Å². The van der Waals surface area contributed by atoms with Crippen molar-refractivity contribution in [3.63, 3.8) is 0 Å². The molecule has 4 heterocycles. The third kappa shape index (κ3) is 10.5. The largest absolute Gasteiger partial charge is 0.444 e. The van der Waals surface area contributed by atoms with E-state index in [4.69, 9.17) is 45.1 Å². The number of piperidine rings is 2. The molecule has 0 atom stereocenters. The highest BCUT2D eigenvalue weighted by atomic mass is 79.9. The molecular weight excluding hydrogens is 731 g/mol. The number of alkyl carbamates (subject to hydrolysis) is 1. The molecular formula is C29H41BrCl2N12O2S. The first-order valence-corrected chi connectivity index (χ1v) is 17.4. The lowest BCUT2D eigenvalue weighted by Crippen LogP contribution is -2.54. The minimum atomic E-state index is -0.504. The third-order valence-electron chi connectivity index (χ3n) is 7.59. The third-order valence-corrected chi connectivity index (χ3v) is 10.1. The van der Waals surface area contributed by atoms with E-state index in [9.17, 15) is 4.79 Å². The molecule has 0 aliphatic carbocycles. The Bertz CT molecular complexity index is 1560. The average molecular weight is 773 g/mol. The van der Waals surface area contributed by atoms with Crippen LogP contribution in [0.1, 0.15) is 60.3 Å². The van der Waals surface area contributed by atoms with Crippen LogP contribution >= 0.6 is 50.9 Å². The van der Waals surface area contributed by atoms with Gasteiger partial charge in [-0.05, 0) is 88.4 Å². The Hall–Kier alpha value is -2.92. The fraction of sp³-hybridized carbons (Fsp3) is 0.552. The van der Waals surface area contributed by atoms with Crippen LogP contribution in [0.25, 0.3) is 0 Å². The number of carbonyl (C=O) groups excluding carboxylic acids is 1. The molecule has 0 unspecified atom stereocenters. The second kappa shape index (κ2) is 15.1. The van der Waals surface area contributed by atoms with Gasteiger partial charge in [-0.25, -0.2) is 4.79 Å². The van der Waals surface area contributed by atoms with Gasteiger partial charge in [0.05, 0.1) is 10.0 Å². The van der Waals surface area contributed by atoms with E-state index in [1.54, 1.807) is 6.07 Å². The number of hydrogen-bond acceptors (Lipinski definition) is 14. The van der Waals surface area contributed by atoms with Gasteiger partial charge < -0.3 is 37.1 Å². The Morgan fingerprint density at radius 1 is 0.936 bits per heavy atom. The molecule has 7 N–H and O–H groups in total. The van der Waals surface area contributed by atoms with E-state index in [1.807, 2.05) is 44.7 Å². The summed E-state index contributed by atoms with van der Waals surface area (Å²) in [5.74, 6) is 1.67. The number of benzene rings is 1. The molecule has 2 fully saturated rings. The lowest BCUT2D eigenvalue weighted by Gasteiger charge is -2.39. The summed E-state index contributed by atoms with van der Waals surface area (Å²) in [6.07, 6.45) is 2.88. The number of carbonyl (C=O) groups is 1. The van der Waals surface area contributed by atoms with Crippen LogP contribution in [-0.4, -0.2) is 79.3 Å². The second-order valence-electron chi connectivity index (χ2n) is 13.1. The van der Waals surface area contributed by atoms with Gasteiger partial charge in [-0.2, -0.15) is 9.97 Å². The first kappa shape index (κ1) is 36.9. The van der Waals surface area contributed by atoms with Gasteiger partial charge in [-0.3, -0.25) is 0 Å². The fourth-order valence-electron chi connectivity index (χ4n) is 4.74. The number of ether oxygens (including phenoxy) is 1. The van der Waals surface area contributed by atoms with Crippen molar-refractivity contribution in [3.8, 4) is 0 Å². The molecule has 47 heavy (non-hydrogen) atoms. The average Bonchev–Trinajstić information content (AvgIpc) is 2.97. The van der Waals surface area contributed by atoms with Crippen molar-refractivity contribution in [1.29, 1.82) is 0 Å². The Kier molecular flexibility index (Phi) is 11.9. The van der Waals surface area contributed by atoms with Gasteiger partial charge in [0.25, 0.3) is 0 Å². The number of nitrogens with two attached hydrogens (primary N) is 3. The van der Waals surface area contributed by atoms with Gasteiger partial charge in [0.2, 0.25) is 11.9 Å². The van der Waals surface area contributed by atoms with Crippen molar-refractivity contribution in [3.05, 3.63) is 32.8 Å². The highest BCUT2D eigenvalue weighted by molar-refractivity contribution is 9.10. The standard InChI is InChI=1S/C15H18Cl2N6S.C14H23BrN6O2/c1-15(19)5-7-23(8-6-15)14-20-12(18)13(21-22-14)24-10-4-2-3-9(16)11(10)17;1-13(2,3)23-12(22)18-14(4)5-7-21(8-6-14)11-17-10(16)9(15)19-20-11/h2-4H,5-8,19H2,1H3,(H2,18,20,22);5-8H2,1-4H3,(H,18,22)(H2,16,17,20). The molecule has 1 aromatic carbocycles. The van der Waals surface area contributed by atoms with E-state index in [0.29, 0.717) is 56.3 Å². The minimum absolute atomic E-state index is 0.130. The summed E-state index contributed by atoms with van der Waals surface area (Å²) in [5.41, 5.74) is 17.0. The highest BCUT2D eigenvalue weighted by Gasteiger charge is 2.34. The van der Waals surface area contributed by atoms with Crippen LogP contribution in [0.5, 0.6) is 0 Å². The molecule has 0 spiro atoms. The van der Waals surface area contributed by atoms with Crippen molar-refractivity contribution in [2.45, 2.75) is 86.9 Å². The van der Waals surface area contributed by atoms with Crippen LogP contribution in [0.2, 0.25) is 10.0 Å². The van der Waals surface area contributed by atoms with E-state index in [2.05, 4.69) is 63.4 Å². The molecule has 3 aromatic rings. The minimum Gasteiger partial charge on any atom is -0.444 e. The number of nitrogens with one attached hydrogen (secondary N) is 1. The monoisotopic (exact) mass is 770 g/mol. The predicted octanol–water partition coefficient (Wildman–Crippen LogP) is 5.33. The summed E-state index contributed by atoms with van der Waals surface area (Å²) in [7, 11) is 0. The van der Waals surface area contributed by atoms with Crippen LogP contribution in [0, 0.1) is 0 Å². The zero-order valence-electron chi connectivity index (χ0n) is 27.1. The van der Waals surface area contributed by atoms with Crippen molar-refractivity contribution < 1.29 is 9.53 Å². The summed E-state index contributed by atoms with van der Waals surface area (Å²) in [6.45, 7) is 12.6. The second-order valence-corrected chi connectivity index (χ2v) is 15.6. The maximum Gasteiger partial charge on any atom is 0.408 e. The summed E-state index contributed by atoms with van der Waals surface area (Å²) in [6, 6.07) is 5.39. The summed E-state index contributed by atoms with van der Waals surface area (Å²) in [4.78, 5) is 25.4. The van der Waals surface area contributed by atoms with Gasteiger partial charge in [0, 0.05) is 42.2 Å². The first-order chi connectivity index (χ1) is 21.9. The molecule has 2 aliphatic rings. The number of hydrogen-bond donors (Lipinski definition) is 4. The lowest BCUT2D eigenvalue weighted by atomic mass is 9.90. The number of nitrogen functional groups attached to an aromatic ring is 2. The van der Waals surface area contributed by atoms with Crippen LogP contribution in [0.4, 0.5) is 28.3 Å². The SMILES string of the molecule is CC1(N)CCN(c2nnc(Sc3cccc(Cl)c3Cl)c(N)n2)CC1.CC1(NC(=O)OC(C)(C)C)CCN(c2nnc(Br)c(N)n2)CC1. The summed E-state index contributed by atoms with van der Waals surface area (Å²) >= 11 is 16.7. The molecule has 5 rings (SSSR count). The van der Waals surface area contributed by atoms with Gasteiger partial charge in [0.15, 0.2) is 21.3 Å². The number of anilines is 4. The first-order valence-electron chi connectivity index (χ1n) is 15.0. The summed E-state index contributed by atoms with van der Waals surface area (Å²) < 4.78 is 5.77. The molecule has 14 nitrogen and oxygen atoms in total.